The first-order chi connectivity index (χ1) is 10.1. The molecule has 5 nitrogen and oxygen atoms in total. The lowest BCUT2D eigenvalue weighted by atomic mass is 9.73. The molecule has 2 rings (SSSR count). The number of aromatic carboxylic acids is 1. The van der Waals surface area contributed by atoms with Crippen LogP contribution >= 0.6 is 0 Å². The van der Waals surface area contributed by atoms with Gasteiger partial charge in [0.25, 0.3) is 0 Å². The Bertz CT molecular complexity index is 505. The Hall–Kier alpha value is -1.88. The van der Waals surface area contributed by atoms with Gasteiger partial charge < -0.3 is 16.2 Å². The number of carboxylic acid groups (broad SMARTS) is 1. The van der Waals surface area contributed by atoms with Crippen LogP contribution in [0, 0.1) is 5.41 Å². The highest BCUT2D eigenvalue weighted by Gasteiger charge is 2.37. The third-order valence-corrected chi connectivity index (χ3v) is 4.34. The molecule has 0 saturated heterocycles. The predicted molar refractivity (Wildman–Crippen MR) is 79.8 cm³/mol. The number of hydrogen-bond donors (Lipinski definition) is 3. The molecule has 4 N–H and O–H groups in total. The molecular formula is C16H22N2O3. The number of carbonyl (C=O) groups excluding carboxylic acids is 1. The van der Waals surface area contributed by atoms with Gasteiger partial charge in [-0.05, 0) is 30.5 Å². The van der Waals surface area contributed by atoms with Gasteiger partial charge in [0.2, 0.25) is 5.91 Å². The topological polar surface area (TPSA) is 92.4 Å². The van der Waals surface area contributed by atoms with Crippen LogP contribution in [0.2, 0.25) is 0 Å². The Labute approximate surface area is 124 Å². The second-order valence-electron chi connectivity index (χ2n) is 5.73. The quantitative estimate of drug-likeness (QED) is 0.772. The highest BCUT2D eigenvalue weighted by molar-refractivity contribution is 5.87. The zero-order valence-corrected chi connectivity index (χ0v) is 12.1. The summed E-state index contributed by atoms with van der Waals surface area (Å²) in [6.45, 7) is 0.789. The second kappa shape index (κ2) is 6.72. The van der Waals surface area contributed by atoms with Crippen molar-refractivity contribution in [3.63, 3.8) is 0 Å². The van der Waals surface area contributed by atoms with Crippen LogP contribution in [-0.4, -0.2) is 23.5 Å². The third-order valence-electron chi connectivity index (χ3n) is 4.34. The van der Waals surface area contributed by atoms with Crippen molar-refractivity contribution < 1.29 is 14.7 Å². The van der Waals surface area contributed by atoms with Gasteiger partial charge >= 0.3 is 5.97 Å². The van der Waals surface area contributed by atoms with Crippen LogP contribution in [0.1, 0.15) is 48.0 Å². The van der Waals surface area contributed by atoms with Crippen LogP contribution in [0.5, 0.6) is 0 Å². The van der Waals surface area contributed by atoms with Crippen molar-refractivity contribution in [3.8, 4) is 0 Å². The molecule has 1 aromatic carbocycles. The van der Waals surface area contributed by atoms with E-state index in [1.165, 1.54) is 6.42 Å². The first-order valence-corrected chi connectivity index (χ1v) is 7.38. The van der Waals surface area contributed by atoms with E-state index in [1.54, 1.807) is 24.3 Å². The van der Waals surface area contributed by atoms with Crippen molar-refractivity contribution in [1.82, 2.24) is 5.32 Å². The number of carboxylic acids is 1. The highest BCUT2D eigenvalue weighted by Crippen LogP contribution is 2.35. The highest BCUT2D eigenvalue weighted by atomic mass is 16.4. The predicted octanol–water partition coefficient (Wildman–Crippen LogP) is 1.91. The Morgan fingerprint density at radius 3 is 2.29 bits per heavy atom. The van der Waals surface area contributed by atoms with Crippen LogP contribution in [0.25, 0.3) is 0 Å². The molecule has 1 aliphatic carbocycles. The Kier molecular flexibility index (Phi) is 4.96. The summed E-state index contributed by atoms with van der Waals surface area (Å²) < 4.78 is 0. The summed E-state index contributed by atoms with van der Waals surface area (Å²) in [5.74, 6) is -0.929. The van der Waals surface area contributed by atoms with Gasteiger partial charge in [0.15, 0.2) is 0 Å². The van der Waals surface area contributed by atoms with Crippen molar-refractivity contribution in [3.05, 3.63) is 35.4 Å². The standard InChI is InChI=1S/C16H22N2O3/c17-11-16(8-2-1-3-9-16)15(21)18-10-12-4-6-13(7-5-12)14(19)20/h4-7H,1-3,8-11,17H2,(H,18,21)(H,19,20). The molecule has 1 amide bonds. The molecule has 0 aliphatic heterocycles. The fraction of sp³-hybridized carbons (Fsp3) is 0.500. The fourth-order valence-corrected chi connectivity index (χ4v) is 2.89. The molecule has 0 atom stereocenters. The van der Waals surface area contributed by atoms with Crippen LogP contribution in [0.3, 0.4) is 0 Å². The van der Waals surface area contributed by atoms with E-state index >= 15 is 0 Å². The number of carbonyl (C=O) groups is 2. The minimum absolute atomic E-state index is 0.0204. The number of benzene rings is 1. The Balaban J connectivity index is 1.95. The monoisotopic (exact) mass is 290 g/mol. The fourth-order valence-electron chi connectivity index (χ4n) is 2.89. The lowest BCUT2D eigenvalue weighted by Gasteiger charge is -2.34. The summed E-state index contributed by atoms with van der Waals surface area (Å²) in [4.78, 5) is 23.2. The van der Waals surface area contributed by atoms with Crippen LogP contribution in [0.4, 0.5) is 0 Å². The first-order valence-electron chi connectivity index (χ1n) is 7.38. The van der Waals surface area contributed by atoms with E-state index in [2.05, 4.69) is 5.32 Å². The zero-order chi connectivity index (χ0) is 15.3. The van der Waals surface area contributed by atoms with Gasteiger partial charge in [-0.2, -0.15) is 0 Å². The Morgan fingerprint density at radius 2 is 1.76 bits per heavy atom. The average Bonchev–Trinajstić information content (AvgIpc) is 2.53. The molecule has 1 aromatic rings. The maximum atomic E-state index is 12.4. The lowest BCUT2D eigenvalue weighted by Crippen LogP contribution is -2.46. The van der Waals surface area contributed by atoms with Crippen molar-refractivity contribution in [2.45, 2.75) is 38.6 Å². The maximum Gasteiger partial charge on any atom is 0.335 e. The second-order valence-corrected chi connectivity index (χ2v) is 5.73. The molecule has 0 radical (unpaired) electrons. The van der Waals surface area contributed by atoms with E-state index in [1.807, 2.05) is 0 Å². The molecule has 1 aliphatic rings. The van der Waals surface area contributed by atoms with Crippen LogP contribution in [-0.2, 0) is 11.3 Å². The number of hydrogen-bond acceptors (Lipinski definition) is 3. The van der Waals surface area contributed by atoms with E-state index < -0.39 is 11.4 Å². The molecule has 5 heteroatoms. The SMILES string of the molecule is NCC1(C(=O)NCc2ccc(C(=O)O)cc2)CCCCC1. The van der Waals surface area contributed by atoms with Gasteiger partial charge in [-0.25, -0.2) is 4.79 Å². The molecule has 1 fully saturated rings. The molecule has 0 spiro atoms. The third kappa shape index (κ3) is 3.61. The summed E-state index contributed by atoms with van der Waals surface area (Å²) in [6, 6.07) is 6.53. The van der Waals surface area contributed by atoms with Crippen LogP contribution < -0.4 is 11.1 Å². The van der Waals surface area contributed by atoms with Crippen molar-refractivity contribution >= 4 is 11.9 Å². The number of amides is 1. The van der Waals surface area contributed by atoms with Crippen LogP contribution in [0.15, 0.2) is 24.3 Å². The minimum atomic E-state index is -0.949. The van der Waals surface area contributed by atoms with Gasteiger partial charge in [-0.15, -0.1) is 0 Å². The van der Waals surface area contributed by atoms with Crippen molar-refractivity contribution in [2.24, 2.45) is 11.1 Å². The molecular weight excluding hydrogens is 268 g/mol. The van der Waals surface area contributed by atoms with Gasteiger partial charge in [0.1, 0.15) is 0 Å². The zero-order valence-electron chi connectivity index (χ0n) is 12.1. The van der Waals surface area contributed by atoms with Gasteiger partial charge in [0.05, 0.1) is 11.0 Å². The summed E-state index contributed by atoms with van der Waals surface area (Å²) in [7, 11) is 0. The van der Waals surface area contributed by atoms with Crippen molar-refractivity contribution in [2.75, 3.05) is 6.54 Å². The molecule has 0 aromatic heterocycles. The summed E-state index contributed by atoms with van der Waals surface area (Å²) in [5, 5.41) is 11.8. The average molecular weight is 290 g/mol. The Morgan fingerprint density at radius 1 is 1.14 bits per heavy atom. The molecule has 21 heavy (non-hydrogen) atoms. The van der Waals surface area contributed by atoms with E-state index in [4.69, 9.17) is 10.8 Å². The van der Waals surface area contributed by atoms with Crippen molar-refractivity contribution in [1.29, 1.82) is 0 Å². The van der Waals surface area contributed by atoms with E-state index in [0.29, 0.717) is 13.1 Å². The van der Waals surface area contributed by atoms with Gasteiger partial charge in [0, 0.05) is 13.1 Å². The lowest BCUT2D eigenvalue weighted by molar-refractivity contribution is -0.132. The maximum absolute atomic E-state index is 12.4. The molecule has 114 valence electrons. The normalized spacial score (nSPS) is 17.2. The molecule has 0 unspecified atom stereocenters. The molecule has 1 saturated carbocycles. The number of rotatable bonds is 5. The summed E-state index contributed by atoms with van der Waals surface area (Å²) in [5.41, 5.74) is 6.55. The number of nitrogens with two attached hydrogens (primary N) is 1. The van der Waals surface area contributed by atoms with Gasteiger partial charge in [-0.3, -0.25) is 4.79 Å². The smallest absolute Gasteiger partial charge is 0.335 e. The number of nitrogens with one attached hydrogen (secondary N) is 1. The first kappa shape index (κ1) is 15.5. The largest absolute Gasteiger partial charge is 0.478 e. The van der Waals surface area contributed by atoms with Gasteiger partial charge in [-0.1, -0.05) is 31.4 Å². The van der Waals surface area contributed by atoms with E-state index in [-0.39, 0.29) is 11.5 Å². The van der Waals surface area contributed by atoms with E-state index in [0.717, 1.165) is 31.2 Å². The van der Waals surface area contributed by atoms with E-state index in [9.17, 15) is 9.59 Å². The molecule has 0 bridgehead atoms. The molecule has 0 heterocycles. The summed E-state index contributed by atoms with van der Waals surface area (Å²) in [6.07, 6.45) is 4.99. The minimum Gasteiger partial charge on any atom is -0.478 e. The summed E-state index contributed by atoms with van der Waals surface area (Å²) >= 11 is 0.